The summed E-state index contributed by atoms with van der Waals surface area (Å²) in [5.74, 6) is 0. The molecule has 0 aliphatic carbocycles. The highest BCUT2D eigenvalue weighted by atomic mass is 28.3. The van der Waals surface area contributed by atoms with E-state index in [1.807, 2.05) is 0 Å². The van der Waals surface area contributed by atoms with Gasteiger partial charge in [0.1, 0.15) is 0 Å². The standard InChI is InChI=1S/C12H26Si/c1-5-6-7-8-9-10-11-12-13(2,3)4/h11-12H,5-10H2,1-4H3/b12-11-. The summed E-state index contributed by atoms with van der Waals surface area (Å²) in [6.07, 6.45) is 10.7. The second kappa shape index (κ2) is 7.37. The average molecular weight is 198 g/mol. The van der Waals surface area contributed by atoms with Crippen LogP contribution in [0.3, 0.4) is 0 Å². The van der Waals surface area contributed by atoms with Gasteiger partial charge >= 0.3 is 0 Å². The quantitative estimate of drug-likeness (QED) is 0.408. The van der Waals surface area contributed by atoms with Crippen molar-refractivity contribution < 1.29 is 0 Å². The largest absolute Gasteiger partial charge is 0.0989 e. The molecule has 0 aromatic carbocycles. The van der Waals surface area contributed by atoms with Crippen molar-refractivity contribution >= 4 is 8.07 Å². The maximum atomic E-state index is 2.47. The highest BCUT2D eigenvalue weighted by Gasteiger charge is 2.05. The fourth-order valence-electron chi connectivity index (χ4n) is 1.30. The molecule has 78 valence electrons. The normalized spacial score (nSPS) is 12.6. The Morgan fingerprint density at radius 1 is 0.923 bits per heavy atom. The van der Waals surface area contributed by atoms with Crippen molar-refractivity contribution in [1.29, 1.82) is 0 Å². The number of rotatable bonds is 7. The molecule has 0 N–H and O–H groups in total. The molecule has 0 unspecified atom stereocenters. The molecule has 0 aliphatic rings. The van der Waals surface area contributed by atoms with Gasteiger partial charge in [0.25, 0.3) is 0 Å². The third-order valence-corrected chi connectivity index (χ3v) is 3.33. The highest BCUT2D eigenvalue weighted by molar-refractivity contribution is 6.80. The minimum Gasteiger partial charge on any atom is -0.0989 e. The summed E-state index contributed by atoms with van der Waals surface area (Å²) in [6.45, 7) is 9.44. The first-order chi connectivity index (χ1) is 6.06. The maximum Gasteiger partial charge on any atom is 0.0682 e. The summed E-state index contributed by atoms with van der Waals surface area (Å²) >= 11 is 0. The number of unbranched alkanes of at least 4 members (excludes halogenated alkanes) is 5. The molecule has 0 rings (SSSR count). The molecular weight excluding hydrogens is 172 g/mol. The lowest BCUT2D eigenvalue weighted by molar-refractivity contribution is 0.637. The Morgan fingerprint density at radius 2 is 1.54 bits per heavy atom. The van der Waals surface area contributed by atoms with E-state index in [0.717, 1.165) is 0 Å². The van der Waals surface area contributed by atoms with E-state index in [1.165, 1.54) is 38.5 Å². The van der Waals surface area contributed by atoms with Crippen LogP contribution in [0.4, 0.5) is 0 Å². The molecule has 0 fully saturated rings. The average Bonchev–Trinajstić information content (AvgIpc) is 2.01. The van der Waals surface area contributed by atoms with Crippen LogP contribution in [0.2, 0.25) is 19.6 Å². The Bertz CT molecular complexity index is 131. The third-order valence-electron chi connectivity index (χ3n) is 2.09. The first-order valence-electron chi connectivity index (χ1n) is 5.74. The van der Waals surface area contributed by atoms with Gasteiger partial charge in [0.2, 0.25) is 0 Å². The first kappa shape index (κ1) is 13.0. The van der Waals surface area contributed by atoms with Crippen LogP contribution >= 0.6 is 0 Å². The van der Waals surface area contributed by atoms with Gasteiger partial charge in [-0.15, -0.1) is 0 Å². The summed E-state index contributed by atoms with van der Waals surface area (Å²) in [5.41, 5.74) is 2.47. The van der Waals surface area contributed by atoms with Gasteiger partial charge in [-0.2, -0.15) is 0 Å². The molecule has 0 radical (unpaired) electrons. The molecule has 0 aliphatic heterocycles. The Balaban J connectivity index is 3.21. The lowest BCUT2D eigenvalue weighted by atomic mass is 10.1. The van der Waals surface area contributed by atoms with Gasteiger partial charge in [-0.05, 0) is 12.8 Å². The molecule has 0 heterocycles. The molecule has 0 nitrogen and oxygen atoms in total. The first-order valence-corrected chi connectivity index (χ1v) is 9.31. The molecule has 0 amide bonds. The Labute approximate surface area is 85.4 Å². The van der Waals surface area contributed by atoms with Crippen molar-refractivity contribution in [1.82, 2.24) is 0 Å². The topological polar surface area (TPSA) is 0 Å². The van der Waals surface area contributed by atoms with Gasteiger partial charge in [-0.1, -0.05) is 64.0 Å². The molecule has 1 heteroatoms. The predicted octanol–water partition coefficient (Wildman–Crippen LogP) is 4.78. The smallest absolute Gasteiger partial charge is 0.0682 e. The van der Waals surface area contributed by atoms with E-state index < -0.39 is 8.07 Å². The van der Waals surface area contributed by atoms with Crippen LogP contribution < -0.4 is 0 Å². The van der Waals surface area contributed by atoms with Crippen molar-refractivity contribution in [2.45, 2.75) is 65.1 Å². The molecule has 0 saturated heterocycles. The fourth-order valence-corrected chi connectivity index (χ4v) is 2.18. The summed E-state index contributed by atoms with van der Waals surface area (Å²) in [7, 11) is -0.913. The molecule has 0 bridgehead atoms. The van der Waals surface area contributed by atoms with Gasteiger partial charge < -0.3 is 0 Å². The third kappa shape index (κ3) is 12.0. The van der Waals surface area contributed by atoms with Gasteiger partial charge in [0.05, 0.1) is 8.07 Å². The molecule has 0 aromatic heterocycles. The zero-order valence-corrected chi connectivity index (χ0v) is 10.9. The maximum absolute atomic E-state index is 2.47. The molecule has 0 spiro atoms. The summed E-state index contributed by atoms with van der Waals surface area (Å²) in [5, 5.41) is 0. The van der Waals surface area contributed by atoms with Gasteiger partial charge in [0.15, 0.2) is 0 Å². The Morgan fingerprint density at radius 3 is 2.08 bits per heavy atom. The van der Waals surface area contributed by atoms with Gasteiger partial charge in [0, 0.05) is 0 Å². The zero-order valence-electron chi connectivity index (χ0n) is 9.90. The van der Waals surface area contributed by atoms with Crippen molar-refractivity contribution in [2.75, 3.05) is 0 Å². The molecule has 0 aromatic rings. The molecule has 13 heavy (non-hydrogen) atoms. The van der Waals surface area contributed by atoms with E-state index in [0.29, 0.717) is 0 Å². The van der Waals surface area contributed by atoms with Gasteiger partial charge in [-0.3, -0.25) is 0 Å². The van der Waals surface area contributed by atoms with E-state index in [4.69, 9.17) is 0 Å². The van der Waals surface area contributed by atoms with Crippen molar-refractivity contribution in [3.63, 3.8) is 0 Å². The van der Waals surface area contributed by atoms with Crippen molar-refractivity contribution in [3.05, 3.63) is 11.8 Å². The molecule has 0 saturated carbocycles. The minimum absolute atomic E-state index is 0.913. The Hall–Kier alpha value is -0.0431. The van der Waals surface area contributed by atoms with Crippen LogP contribution in [-0.4, -0.2) is 8.07 Å². The van der Waals surface area contributed by atoms with Crippen LogP contribution in [-0.2, 0) is 0 Å². The lowest BCUT2D eigenvalue weighted by Crippen LogP contribution is -2.15. The number of allylic oxidation sites excluding steroid dienone is 1. The SMILES string of the molecule is CCCCCCC/C=C\[Si](C)(C)C. The van der Waals surface area contributed by atoms with Crippen molar-refractivity contribution in [2.24, 2.45) is 0 Å². The van der Waals surface area contributed by atoms with E-state index in [1.54, 1.807) is 0 Å². The summed E-state index contributed by atoms with van der Waals surface area (Å²) in [6, 6.07) is 0. The number of hydrogen-bond donors (Lipinski definition) is 0. The van der Waals surface area contributed by atoms with E-state index in [-0.39, 0.29) is 0 Å². The second-order valence-corrected chi connectivity index (χ2v) is 10.0. The lowest BCUT2D eigenvalue weighted by Gasteiger charge is -2.07. The van der Waals surface area contributed by atoms with Crippen LogP contribution in [0.5, 0.6) is 0 Å². The zero-order chi connectivity index (χ0) is 10.2. The van der Waals surface area contributed by atoms with Crippen LogP contribution in [0, 0.1) is 0 Å². The summed E-state index contributed by atoms with van der Waals surface area (Å²) < 4.78 is 0. The van der Waals surface area contributed by atoms with Crippen LogP contribution in [0.25, 0.3) is 0 Å². The fraction of sp³-hybridized carbons (Fsp3) is 0.833. The minimum atomic E-state index is -0.913. The highest BCUT2D eigenvalue weighted by Crippen LogP contribution is 2.07. The Kier molecular flexibility index (Phi) is 7.34. The van der Waals surface area contributed by atoms with E-state index in [2.05, 4.69) is 38.3 Å². The van der Waals surface area contributed by atoms with Gasteiger partial charge in [-0.25, -0.2) is 0 Å². The summed E-state index contributed by atoms with van der Waals surface area (Å²) in [4.78, 5) is 0. The van der Waals surface area contributed by atoms with E-state index >= 15 is 0 Å². The predicted molar refractivity (Wildman–Crippen MR) is 65.9 cm³/mol. The molecule has 0 atom stereocenters. The molecular formula is C12H26Si. The second-order valence-electron chi connectivity index (χ2n) is 4.97. The van der Waals surface area contributed by atoms with E-state index in [9.17, 15) is 0 Å². The van der Waals surface area contributed by atoms with Crippen LogP contribution in [0.15, 0.2) is 11.8 Å². The monoisotopic (exact) mass is 198 g/mol. The van der Waals surface area contributed by atoms with Crippen LogP contribution in [0.1, 0.15) is 45.4 Å². The van der Waals surface area contributed by atoms with Crippen molar-refractivity contribution in [3.8, 4) is 0 Å². The number of hydrogen-bond acceptors (Lipinski definition) is 0.